The number of fused-ring (bicyclic) bond motifs is 1. The number of hydrogen-bond acceptors (Lipinski definition) is 6. The van der Waals surface area contributed by atoms with Gasteiger partial charge in [0.15, 0.2) is 5.65 Å². The second-order valence-corrected chi connectivity index (χ2v) is 7.84. The normalized spacial score (nSPS) is 16.3. The van der Waals surface area contributed by atoms with Crippen LogP contribution in [0.15, 0.2) is 67.1 Å². The minimum Gasteiger partial charge on any atom is -0.354 e. The maximum atomic E-state index is 12.1. The lowest BCUT2D eigenvalue weighted by Gasteiger charge is -2.18. The molecule has 8 nitrogen and oxygen atoms in total. The third-order valence-corrected chi connectivity index (χ3v) is 5.51. The van der Waals surface area contributed by atoms with Gasteiger partial charge in [0.1, 0.15) is 5.82 Å². The van der Waals surface area contributed by atoms with Crippen molar-refractivity contribution in [2.45, 2.75) is 19.0 Å². The molecule has 31 heavy (non-hydrogen) atoms. The van der Waals surface area contributed by atoms with E-state index in [-0.39, 0.29) is 11.9 Å². The van der Waals surface area contributed by atoms with Crippen molar-refractivity contribution in [2.75, 3.05) is 23.4 Å². The van der Waals surface area contributed by atoms with E-state index in [1.165, 1.54) is 0 Å². The van der Waals surface area contributed by atoms with Crippen molar-refractivity contribution in [1.82, 2.24) is 19.6 Å². The summed E-state index contributed by atoms with van der Waals surface area (Å²) in [5.41, 5.74) is 10.5. The number of benzene rings is 1. The number of imidazole rings is 1. The lowest BCUT2D eigenvalue weighted by molar-refractivity contribution is -0.117. The third kappa shape index (κ3) is 3.73. The van der Waals surface area contributed by atoms with Crippen LogP contribution >= 0.6 is 0 Å². The van der Waals surface area contributed by atoms with Gasteiger partial charge in [-0.05, 0) is 35.9 Å². The summed E-state index contributed by atoms with van der Waals surface area (Å²) in [5, 5.41) is 4.81. The van der Waals surface area contributed by atoms with Gasteiger partial charge in [0.05, 0.1) is 11.9 Å². The Morgan fingerprint density at radius 1 is 1.13 bits per heavy atom. The number of nitrogens with zero attached hydrogens (tertiary/aromatic N) is 6. The van der Waals surface area contributed by atoms with E-state index in [0.717, 1.165) is 34.0 Å². The van der Waals surface area contributed by atoms with Crippen LogP contribution in [-0.2, 0) is 11.3 Å². The first-order valence-electron chi connectivity index (χ1n) is 10.2. The molecule has 0 aliphatic carbocycles. The van der Waals surface area contributed by atoms with Crippen molar-refractivity contribution in [3.8, 4) is 11.3 Å². The molecule has 4 heterocycles. The van der Waals surface area contributed by atoms with E-state index < -0.39 is 0 Å². The van der Waals surface area contributed by atoms with E-state index in [1.54, 1.807) is 11.1 Å². The van der Waals surface area contributed by atoms with Gasteiger partial charge in [-0.1, -0.05) is 18.2 Å². The topological polar surface area (TPSA) is 92.6 Å². The van der Waals surface area contributed by atoms with Gasteiger partial charge in [-0.15, -0.1) is 5.10 Å². The molecule has 1 fully saturated rings. The standard InChI is InChI=1S/C23H23N7O/c1-28(14-16-3-2-10-25-12-16)22-9-8-21-26-13-20(30(21)27-22)17-4-6-19(7-5-17)29-15-18(24)11-23(29)31/h2-10,12-13,18H,11,14-15,24H2,1H3/t18-/m0/s1. The molecule has 0 radical (unpaired) electrons. The van der Waals surface area contributed by atoms with Crippen LogP contribution in [0.1, 0.15) is 12.0 Å². The second-order valence-electron chi connectivity index (χ2n) is 7.84. The van der Waals surface area contributed by atoms with E-state index in [2.05, 4.69) is 14.9 Å². The summed E-state index contributed by atoms with van der Waals surface area (Å²) >= 11 is 0. The Bertz CT molecular complexity index is 1220. The van der Waals surface area contributed by atoms with Gasteiger partial charge in [0, 0.05) is 56.2 Å². The minimum absolute atomic E-state index is 0.0676. The van der Waals surface area contributed by atoms with Gasteiger partial charge in [-0.3, -0.25) is 9.78 Å². The Labute approximate surface area is 179 Å². The number of nitrogens with two attached hydrogens (primary N) is 1. The molecule has 1 aliphatic rings. The van der Waals surface area contributed by atoms with Crippen molar-refractivity contribution < 1.29 is 4.79 Å². The molecule has 8 heteroatoms. The van der Waals surface area contributed by atoms with Crippen LogP contribution in [0.3, 0.4) is 0 Å². The maximum Gasteiger partial charge on any atom is 0.228 e. The van der Waals surface area contributed by atoms with E-state index >= 15 is 0 Å². The van der Waals surface area contributed by atoms with Crippen molar-refractivity contribution in [3.05, 3.63) is 72.7 Å². The van der Waals surface area contributed by atoms with Gasteiger partial charge in [-0.2, -0.15) is 0 Å². The van der Waals surface area contributed by atoms with Crippen molar-refractivity contribution in [3.63, 3.8) is 0 Å². The molecule has 1 amide bonds. The fourth-order valence-electron chi connectivity index (χ4n) is 3.91. The van der Waals surface area contributed by atoms with Crippen LogP contribution in [-0.4, -0.2) is 45.1 Å². The van der Waals surface area contributed by atoms with Crippen molar-refractivity contribution >= 4 is 23.1 Å². The summed E-state index contributed by atoms with van der Waals surface area (Å²) in [4.78, 5) is 24.6. The van der Waals surface area contributed by atoms with E-state index in [0.29, 0.717) is 19.5 Å². The predicted octanol–water partition coefficient (Wildman–Crippen LogP) is 2.49. The molecular weight excluding hydrogens is 390 g/mol. The van der Waals surface area contributed by atoms with E-state index in [4.69, 9.17) is 10.8 Å². The number of rotatable bonds is 5. The highest BCUT2D eigenvalue weighted by Gasteiger charge is 2.27. The van der Waals surface area contributed by atoms with Crippen LogP contribution < -0.4 is 15.5 Å². The maximum absolute atomic E-state index is 12.1. The molecule has 0 unspecified atom stereocenters. The molecule has 0 bridgehead atoms. The summed E-state index contributed by atoms with van der Waals surface area (Å²) < 4.78 is 1.85. The number of aromatic nitrogens is 4. The molecule has 5 rings (SSSR count). The molecular formula is C23H23N7O. The third-order valence-electron chi connectivity index (χ3n) is 5.51. The van der Waals surface area contributed by atoms with Crippen molar-refractivity contribution in [1.29, 1.82) is 0 Å². The molecule has 1 atom stereocenters. The fourth-order valence-corrected chi connectivity index (χ4v) is 3.91. The number of anilines is 2. The van der Waals surface area contributed by atoms with Crippen LogP contribution in [0.25, 0.3) is 16.9 Å². The number of pyridine rings is 1. The van der Waals surface area contributed by atoms with E-state index in [1.807, 2.05) is 72.5 Å². The average Bonchev–Trinajstić information content (AvgIpc) is 3.36. The molecule has 2 N–H and O–H groups in total. The Morgan fingerprint density at radius 3 is 2.68 bits per heavy atom. The Hall–Kier alpha value is -3.78. The first-order valence-corrected chi connectivity index (χ1v) is 10.2. The highest BCUT2D eigenvalue weighted by atomic mass is 16.2. The Kier molecular flexibility index (Phi) is 4.83. The van der Waals surface area contributed by atoms with Gasteiger partial charge in [-0.25, -0.2) is 9.50 Å². The monoisotopic (exact) mass is 413 g/mol. The van der Waals surface area contributed by atoms with Crippen LogP contribution in [0, 0.1) is 0 Å². The molecule has 0 saturated carbocycles. The first kappa shape index (κ1) is 19.2. The summed E-state index contributed by atoms with van der Waals surface area (Å²) in [6, 6.07) is 15.7. The van der Waals surface area contributed by atoms with Gasteiger partial charge < -0.3 is 15.5 Å². The van der Waals surface area contributed by atoms with E-state index in [9.17, 15) is 4.79 Å². The molecule has 156 valence electrons. The van der Waals surface area contributed by atoms with Crippen LogP contribution in [0.5, 0.6) is 0 Å². The molecule has 3 aromatic heterocycles. The SMILES string of the molecule is CN(Cc1cccnc1)c1ccc2ncc(-c3ccc(N4C[C@@H](N)CC4=O)cc3)n2n1. The zero-order chi connectivity index (χ0) is 21.4. The summed E-state index contributed by atoms with van der Waals surface area (Å²) in [6.07, 6.45) is 5.84. The molecule has 1 aromatic carbocycles. The first-order chi connectivity index (χ1) is 15.1. The summed E-state index contributed by atoms with van der Waals surface area (Å²) in [7, 11) is 2.00. The Morgan fingerprint density at radius 2 is 1.97 bits per heavy atom. The number of amides is 1. The van der Waals surface area contributed by atoms with Gasteiger partial charge in [0.25, 0.3) is 0 Å². The highest BCUT2D eigenvalue weighted by Crippen LogP contribution is 2.26. The summed E-state index contributed by atoms with van der Waals surface area (Å²) in [5.74, 6) is 0.905. The molecule has 1 aliphatic heterocycles. The quantitative estimate of drug-likeness (QED) is 0.540. The molecule has 0 spiro atoms. The zero-order valence-corrected chi connectivity index (χ0v) is 17.2. The van der Waals surface area contributed by atoms with Gasteiger partial charge in [0.2, 0.25) is 5.91 Å². The Balaban J connectivity index is 1.42. The van der Waals surface area contributed by atoms with Crippen molar-refractivity contribution in [2.24, 2.45) is 5.73 Å². The number of carbonyl (C=O) groups is 1. The fraction of sp³-hybridized carbons (Fsp3) is 0.217. The smallest absolute Gasteiger partial charge is 0.228 e. The minimum atomic E-state index is -0.0998. The van der Waals surface area contributed by atoms with Crippen LogP contribution in [0.2, 0.25) is 0 Å². The highest BCUT2D eigenvalue weighted by molar-refractivity contribution is 5.96. The lowest BCUT2D eigenvalue weighted by Crippen LogP contribution is -2.27. The predicted molar refractivity (Wildman–Crippen MR) is 120 cm³/mol. The van der Waals surface area contributed by atoms with Gasteiger partial charge >= 0.3 is 0 Å². The average molecular weight is 413 g/mol. The second kappa shape index (κ2) is 7.81. The van der Waals surface area contributed by atoms with Crippen LogP contribution in [0.4, 0.5) is 11.5 Å². The number of hydrogen-bond donors (Lipinski definition) is 1. The zero-order valence-electron chi connectivity index (χ0n) is 17.2. The lowest BCUT2D eigenvalue weighted by atomic mass is 10.1. The summed E-state index contributed by atoms with van der Waals surface area (Å²) in [6.45, 7) is 1.26. The molecule has 1 saturated heterocycles. The molecule has 4 aromatic rings. The largest absolute Gasteiger partial charge is 0.354 e. The number of carbonyl (C=O) groups excluding carboxylic acids is 1.